The molecule has 5 nitrogen and oxygen atoms in total. The fourth-order valence-corrected chi connectivity index (χ4v) is 5.91. The van der Waals surface area contributed by atoms with Crippen LogP contribution in [0.15, 0.2) is 60.7 Å². The van der Waals surface area contributed by atoms with E-state index in [-0.39, 0.29) is 18.2 Å². The molecule has 0 aromatic heterocycles. The fraction of sp³-hybridized carbons (Fsp3) is 0.520. The van der Waals surface area contributed by atoms with E-state index in [2.05, 4.69) is 52.1 Å². The van der Waals surface area contributed by atoms with Gasteiger partial charge in [-0.2, -0.15) is 0 Å². The molecule has 1 heterocycles. The van der Waals surface area contributed by atoms with E-state index in [4.69, 9.17) is 4.74 Å². The van der Waals surface area contributed by atoms with E-state index in [0.717, 1.165) is 45.2 Å². The van der Waals surface area contributed by atoms with Crippen LogP contribution >= 0.6 is 0 Å². The lowest BCUT2D eigenvalue weighted by Crippen LogP contribution is -2.47. The van der Waals surface area contributed by atoms with Crippen molar-refractivity contribution in [2.24, 2.45) is 0 Å². The maximum atomic E-state index is 11.9. The molecule has 1 saturated carbocycles. The van der Waals surface area contributed by atoms with Crippen LogP contribution < -0.4 is 4.72 Å². The molecule has 1 aliphatic carbocycles. The summed E-state index contributed by atoms with van der Waals surface area (Å²) in [4.78, 5) is 2.37. The van der Waals surface area contributed by atoms with Crippen LogP contribution in [0.4, 0.5) is 0 Å². The van der Waals surface area contributed by atoms with Crippen molar-refractivity contribution in [1.29, 1.82) is 0 Å². The summed E-state index contributed by atoms with van der Waals surface area (Å²) in [6, 6.07) is 21.1. The predicted octanol–water partition coefficient (Wildman–Crippen LogP) is 3.92. The van der Waals surface area contributed by atoms with Gasteiger partial charge in [0.05, 0.1) is 19.0 Å². The molecule has 1 N–H and O–H groups in total. The zero-order chi connectivity index (χ0) is 21.7. The summed E-state index contributed by atoms with van der Waals surface area (Å²) in [5.41, 5.74) is 2.68. The maximum absolute atomic E-state index is 11.9. The molecule has 1 unspecified atom stereocenters. The van der Waals surface area contributed by atoms with Crippen LogP contribution in [0, 0.1) is 0 Å². The minimum absolute atomic E-state index is 0.0572. The smallest absolute Gasteiger partial charge is 0.209 e. The number of sulfonamides is 1. The Morgan fingerprint density at radius 3 is 2.23 bits per heavy atom. The number of hydrogen-bond acceptors (Lipinski definition) is 4. The molecule has 0 spiro atoms. The van der Waals surface area contributed by atoms with Crippen molar-refractivity contribution < 1.29 is 13.2 Å². The highest BCUT2D eigenvalue weighted by Crippen LogP contribution is 2.34. The lowest BCUT2D eigenvalue weighted by atomic mass is 9.83. The molecular weight excluding hydrogens is 408 g/mol. The average Bonchev–Trinajstić information content (AvgIpc) is 3.13. The van der Waals surface area contributed by atoms with Gasteiger partial charge in [0.25, 0.3) is 0 Å². The lowest BCUT2D eigenvalue weighted by molar-refractivity contribution is -0.00739. The Morgan fingerprint density at radius 1 is 0.935 bits per heavy atom. The minimum Gasteiger partial charge on any atom is -0.377 e. The normalized spacial score (nSPS) is 27.4. The molecule has 0 radical (unpaired) electrons. The Balaban J connectivity index is 1.35. The minimum atomic E-state index is -3.25. The SMILES string of the molecule is CS(=O)(=O)NC1CCN(Cc2ccccc2)[C@H]1CO[C@H]1CC[C@@H](c2ccccc2)CC1. The standard InChI is InChI=1S/C25H34N2O3S/c1-31(28,29)26-24-16-17-27(18-20-8-4-2-5-9-20)25(24)19-30-23-14-12-22(13-15-23)21-10-6-3-7-11-21/h2-11,22-26H,12-19H2,1H3/t22-,23+,24?,25-/m0/s1. The number of hydrogen-bond donors (Lipinski definition) is 1. The second kappa shape index (κ2) is 10.3. The molecule has 0 amide bonds. The van der Waals surface area contributed by atoms with E-state index in [1.165, 1.54) is 17.4 Å². The van der Waals surface area contributed by atoms with Gasteiger partial charge in [0.2, 0.25) is 10.0 Å². The van der Waals surface area contributed by atoms with E-state index in [9.17, 15) is 8.42 Å². The molecule has 1 saturated heterocycles. The van der Waals surface area contributed by atoms with Crippen LogP contribution in [0.3, 0.4) is 0 Å². The molecule has 2 fully saturated rings. The summed E-state index contributed by atoms with van der Waals surface area (Å²) in [7, 11) is -3.25. The highest BCUT2D eigenvalue weighted by Gasteiger charge is 2.36. The van der Waals surface area contributed by atoms with Crippen molar-refractivity contribution in [2.45, 2.75) is 62.8 Å². The van der Waals surface area contributed by atoms with Gasteiger partial charge in [-0.1, -0.05) is 60.7 Å². The van der Waals surface area contributed by atoms with Gasteiger partial charge in [0.15, 0.2) is 0 Å². The Labute approximate surface area is 186 Å². The van der Waals surface area contributed by atoms with Crippen molar-refractivity contribution in [3.8, 4) is 0 Å². The Bertz CT molecular complexity index is 912. The summed E-state index contributed by atoms with van der Waals surface area (Å²) in [5, 5.41) is 0. The van der Waals surface area contributed by atoms with Gasteiger partial charge >= 0.3 is 0 Å². The van der Waals surface area contributed by atoms with Gasteiger partial charge in [-0.3, -0.25) is 4.90 Å². The van der Waals surface area contributed by atoms with Crippen molar-refractivity contribution in [3.63, 3.8) is 0 Å². The number of ether oxygens (including phenoxy) is 1. The van der Waals surface area contributed by atoms with Crippen molar-refractivity contribution in [2.75, 3.05) is 19.4 Å². The van der Waals surface area contributed by atoms with E-state index >= 15 is 0 Å². The van der Waals surface area contributed by atoms with Crippen LogP contribution in [0.2, 0.25) is 0 Å². The van der Waals surface area contributed by atoms with Gasteiger partial charge in [0, 0.05) is 25.2 Å². The van der Waals surface area contributed by atoms with Crippen LogP contribution in [-0.4, -0.2) is 50.9 Å². The van der Waals surface area contributed by atoms with E-state index in [0.29, 0.717) is 12.5 Å². The van der Waals surface area contributed by atoms with Crippen LogP contribution in [0.1, 0.15) is 49.1 Å². The zero-order valence-electron chi connectivity index (χ0n) is 18.3. The quantitative estimate of drug-likeness (QED) is 0.673. The van der Waals surface area contributed by atoms with Crippen LogP contribution in [0.5, 0.6) is 0 Å². The molecule has 2 aromatic carbocycles. The Hall–Kier alpha value is -1.73. The summed E-state index contributed by atoms with van der Waals surface area (Å²) >= 11 is 0. The van der Waals surface area contributed by atoms with Gasteiger partial charge in [-0.25, -0.2) is 13.1 Å². The number of likely N-dealkylation sites (tertiary alicyclic amines) is 1. The summed E-state index contributed by atoms with van der Waals surface area (Å²) in [6.07, 6.45) is 6.75. The average molecular weight is 443 g/mol. The van der Waals surface area contributed by atoms with Crippen molar-refractivity contribution >= 4 is 10.0 Å². The molecule has 31 heavy (non-hydrogen) atoms. The Kier molecular flexibility index (Phi) is 7.43. The highest BCUT2D eigenvalue weighted by atomic mass is 32.2. The molecule has 1 aliphatic heterocycles. The molecule has 6 heteroatoms. The molecule has 4 rings (SSSR count). The third kappa shape index (κ3) is 6.39. The molecule has 2 atom stereocenters. The number of rotatable bonds is 8. The summed E-state index contributed by atoms with van der Waals surface area (Å²) in [6.45, 7) is 2.26. The monoisotopic (exact) mass is 442 g/mol. The second-order valence-electron chi connectivity index (χ2n) is 9.03. The van der Waals surface area contributed by atoms with Crippen molar-refractivity contribution in [3.05, 3.63) is 71.8 Å². The lowest BCUT2D eigenvalue weighted by Gasteiger charge is -2.33. The van der Waals surface area contributed by atoms with Gasteiger partial charge < -0.3 is 4.74 Å². The zero-order valence-corrected chi connectivity index (χ0v) is 19.1. The fourth-order valence-electron chi connectivity index (χ4n) is 5.09. The largest absolute Gasteiger partial charge is 0.377 e. The van der Waals surface area contributed by atoms with E-state index < -0.39 is 10.0 Å². The number of nitrogens with one attached hydrogen (secondary N) is 1. The molecule has 0 bridgehead atoms. The summed E-state index contributed by atoms with van der Waals surface area (Å²) in [5.74, 6) is 0.627. The third-order valence-electron chi connectivity index (χ3n) is 6.70. The predicted molar refractivity (Wildman–Crippen MR) is 124 cm³/mol. The Morgan fingerprint density at radius 2 is 1.58 bits per heavy atom. The van der Waals surface area contributed by atoms with Gasteiger partial charge in [0.1, 0.15) is 0 Å². The first-order valence-electron chi connectivity index (χ1n) is 11.4. The van der Waals surface area contributed by atoms with Crippen LogP contribution in [0.25, 0.3) is 0 Å². The van der Waals surface area contributed by atoms with Gasteiger partial charge in [-0.15, -0.1) is 0 Å². The molecule has 168 valence electrons. The molecular formula is C25H34N2O3S. The van der Waals surface area contributed by atoms with Crippen LogP contribution in [-0.2, 0) is 21.3 Å². The highest BCUT2D eigenvalue weighted by molar-refractivity contribution is 7.88. The third-order valence-corrected chi connectivity index (χ3v) is 7.43. The first-order chi connectivity index (χ1) is 15.0. The first-order valence-corrected chi connectivity index (χ1v) is 13.3. The van der Waals surface area contributed by atoms with Crippen molar-refractivity contribution in [1.82, 2.24) is 9.62 Å². The topological polar surface area (TPSA) is 58.6 Å². The number of nitrogens with zero attached hydrogens (tertiary/aromatic N) is 1. The van der Waals surface area contributed by atoms with Gasteiger partial charge in [-0.05, 0) is 49.1 Å². The molecule has 2 aromatic rings. The van der Waals surface area contributed by atoms with E-state index in [1.807, 2.05) is 18.2 Å². The maximum Gasteiger partial charge on any atom is 0.209 e. The van der Waals surface area contributed by atoms with E-state index in [1.54, 1.807) is 0 Å². The summed E-state index contributed by atoms with van der Waals surface area (Å²) < 4.78 is 33.0. The second-order valence-corrected chi connectivity index (χ2v) is 10.8. The molecule has 2 aliphatic rings. The first kappa shape index (κ1) is 22.5. The number of benzene rings is 2.